The van der Waals surface area contributed by atoms with E-state index in [9.17, 15) is 9.90 Å². The summed E-state index contributed by atoms with van der Waals surface area (Å²) < 4.78 is 0.813. The smallest absolute Gasteiger partial charge is 0.268 e. The topological polar surface area (TPSA) is 65.1 Å². The Morgan fingerprint density at radius 1 is 1.39 bits per heavy atom. The first-order valence-corrected chi connectivity index (χ1v) is 6.30. The number of nitrogens with one attached hydrogen (secondary N) is 2. The van der Waals surface area contributed by atoms with Gasteiger partial charge in [0.1, 0.15) is 5.69 Å². The highest BCUT2D eigenvalue weighted by Crippen LogP contribution is 2.14. The SMILES string of the molecule is O=C(N[C@H](CO)c1ccccc1)c1cc(Br)c[nH]1. The van der Waals surface area contributed by atoms with Gasteiger partial charge in [-0.15, -0.1) is 0 Å². The molecule has 0 saturated carbocycles. The van der Waals surface area contributed by atoms with Crippen LogP contribution in [0.1, 0.15) is 22.1 Å². The van der Waals surface area contributed by atoms with Gasteiger partial charge in [0.15, 0.2) is 0 Å². The van der Waals surface area contributed by atoms with Gasteiger partial charge in [0.2, 0.25) is 0 Å². The Hall–Kier alpha value is -1.59. The second-order valence-electron chi connectivity index (χ2n) is 3.85. The number of hydrogen-bond acceptors (Lipinski definition) is 2. The normalized spacial score (nSPS) is 12.1. The molecule has 0 aliphatic carbocycles. The predicted octanol–water partition coefficient (Wildman–Crippen LogP) is 2.24. The molecule has 0 radical (unpaired) electrons. The van der Waals surface area contributed by atoms with E-state index in [1.807, 2.05) is 30.3 Å². The van der Waals surface area contributed by atoms with Crippen molar-refractivity contribution in [2.75, 3.05) is 6.61 Å². The quantitative estimate of drug-likeness (QED) is 0.811. The maximum atomic E-state index is 11.9. The van der Waals surface area contributed by atoms with Crippen molar-refractivity contribution in [1.29, 1.82) is 0 Å². The molecule has 1 aromatic heterocycles. The van der Waals surface area contributed by atoms with Gasteiger partial charge in [0, 0.05) is 10.7 Å². The summed E-state index contributed by atoms with van der Waals surface area (Å²) in [6, 6.07) is 10.7. The Kier molecular flexibility index (Phi) is 4.17. The molecule has 0 unspecified atom stereocenters. The van der Waals surface area contributed by atoms with Crippen LogP contribution in [-0.2, 0) is 0 Å². The molecule has 0 spiro atoms. The third-order valence-corrected chi connectivity index (χ3v) is 3.04. The zero-order valence-corrected chi connectivity index (χ0v) is 11.1. The molecule has 4 nitrogen and oxygen atoms in total. The minimum atomic E-state index is -0.402. The highest BCUT2D eigenvalue weighted by molar-refractivity contribution is 9.10. The first kappa shape index (κ1) is 12.9. The highest BCUT2D eigenvalue weighted by atomic mass is 79.9. The van der Waals surface area contributed by atoms with E-state index >= 15 is 0 Å². The number of amides is 1. The molecule has 3 N–H and O–H groups in total. The summed E-state index contributed by atoms with van der Waals surface area (Å²) in [6.45, 7) is -0.141. The van der Waals surface area contributed by atoms with Crippen molar-refractivity contribution >= 4 is 21.8 Å². The van der Waals surface area contributed by atoms with Crippen molar-refractivity contribution in [3.63, 3.8) is 0 Å². The minimum Gasteiger partial charge on any atom is -0.394 e. The summed E-state index contributed by atoms with van der Waals surface area (Å²) in [5.74, 6) is -0.247. The number of aliphatic hydroxyl groups excluding tert-OH is 1. The van der Waals surface area contributed by atoms with E-state index < -0.39 is 6.04 Å². The number of rotatable bonds is 4. The van der Waals surface area contributed by atoms with E-state index in [4.69, 9.17) is 0 Å². The number of aliphatic hydroxyl groups is 1. The Balaban J connectivity index is 2.10. The lowest BCUT2D eigenvalue weighted by molar-refractivity contribution is 0.0911. The van der Waals surface area contributed by atoms with Gasteiger partial charge in [-0.2, -0.15) is 0 Å². The Morgan fingerprint density at radius 3 is 2.67 bits per heavy atom. The molecule has 1 heterocycles. The number of carbonyl (C=O) groups excluding carboxylic acids is 1. The molecule has 2 aromatic rings. The lowest BCUT2D eigenvalue weighted by Crippen LogP contribution is -2.30. The summed E-state index contributed by atoms with van der Waals surface area (Å²) in [6.07, 6.45) is 1.69. The largest absolute Gasteiger partial charge is 0.394 e. The van der Waals surface area contributed by atoms with Gasteiger partial charge in [0.25, 0.3) is 5.91 Å². The highest BCUT2D eigenvalue weighted by Gasteiger charge is 2.15. The zero-order valence-electron chi connectivity index (χ0n) is 9.56. The van der Waals surface area contributed by atoms with Crippen LogP contribution >= 0.6 is 15.9 Å². The molecule has 1 amide bonds. The fraction of sp³-hybridized carbons (Fsp3) is 0.154. The van der Waals surface area contributed by atoms with E-state index in [0.717, 1.165) is 10.0 Å². The molecular weight excluding hydrogens is 296 g/mol. The van der Waals surface area contributed by atoms with Gasteiger partial charge in [-0.1, -0.05) is 30.3 Å². The summed E-state index contributed by atoms with van der Waals surface area (Å²) in [4.78, 5) is 14.8. The van der Waals surface area contributed by atoms with Gasteiger partial charge in [-0.25, -0.2) is 0 Å². The first-order chi connectivity index (χ1) is 8.70. The lowest BCUT2D eigenvalue weighted by atomic mass is 10.1. The number of halogens is 1. The van der Waals surface area contributed by atoms with E-state index in [1.54, 1.807) is 12.3 Å². The van der Waals surface area contributed by atoms with Crippen LogP contribution in [0.4, 0.5) is 0 Å². The van der Waals surface area contributed by atoms with Crippen molar-refractivity contribution < 1.29 is 9.90 Å². The summed E-state index contributed by atoms with van der Waals surface area (Å²) in [5.41, 5.74) is 1.33. The molecule has 2 rings (SSSR count). The Bertz CT molecular complexity index is 525. The molecule has 1 aromatic carbocycles. The molecule has 94 valence electrons. The van der Waals surface area contributed by atoms with Gasteiger partial charge in [-0.3, -0.25) is 4.79 Å². The maximum Gasteiger partial charge on any atom is 0.268 e. The van der Waals surface area contributed by atoms with Crippen molar-refractivity contribution in [3.8, 4) is 0 Å². The standard InChI is InChI=1S/C13H13BrN2O2/c14-10-6-11(15-7-10)13(18)16-12(8-17)9-4-2-1-3-5-9/h1-7,12,15,17H,8H2,(H,16,18)/t12-/m1/s1. The van der Waals surface area contributed by atoms with Crippen LogP contribution < -0.4 is 5.32 Å². The third-order valence-electron chi connectivity index (χ3n) is 2.58. The first-order valence-electron chi connectivity index (χ1n) is 5.51. The molecule has 5 heteroatoms. The van der Waals surface area contributed by atoms with Crippen molar-refractivity contribution in [1.82, 2.24) is 10.3 Å². The Labute approximate surface area is 113 Å². The monoisotopic (exact) mass is 308 g/mol. The maximum absolute atomic E-state index is 11.9. The second-order valence-corrected chi connectivity index (χ2v) is 4.77. The number of aromatic nitrogens is 1. The molecular formula is C13H13BrN2O2. The lowest BCUT2D eigenvalue weighted by Gasteiger charge is -2.16. The summed E-state index contributed by atoms with van der Waals surface area (Å²) in [7, 11) is 0. The van der Waals surface area contributed by atoms with Crippen LogP contribution in [0.5, 0.6) is 0 Å². The zero-order chi connectivity index (χ0) is 13.0. The molecule has 1 atom stereocenters. The molecule has 0 bridgehead atoms. The van der Waals surface area contributed by atoms with Crippen LogP contribution in [0.2, 0.25) is 0 Å². The number of carbonyl (C=O) groups is 1. The van der Waals surface area contributed by atoms with Gasteiger partial charge in [0.05, 0.1) is 12.6 Å². The van der Waals surface area contributed by atoms with Crippen LogP contribution in [0, 0.1) is 0 Å². The van der Waals surface area contributed by atoms with Gasteiger partial charge in [-0.05, 0) is 27.6 Å². The molecule has 0 aliphatic rings. The molecule has 0 saturated heterocycles. The fourth-order valence-corrected chi connectivity index (χ4v) is 2.00. The number of hydrogen-bond donors (Lipinski definition) is 3. The predicted molar refractivity (Wildman–Crippen MR) is 72.2 cm³/mol. The average molecular weight is 309 g/mol. The minimum absolute atomic E-state index is 0.141. The van der Waals surface area contributed by atoms with Crippen molar-refractivity contribution in [2.45, 2.75) is 6.04 Å². The third kappa shape index (κ3) is 3.00. The number of aromatic amines is 1. The molecule has 0 fully saturated rings. The Morgan fingerprint density at radius 2 is 2.11 bits per heavy atom. The van der Waals surface area contributed by atoms with E-state index in [1.165, 1.54) is 0 Å². The molecule has 0 aliphatic heterocycles. The second kappa shape index (κ2) is 5.84. The van der Waals surface area contributed by atoms with E-state index in [0.29, 0.717) is 5.69 Å². The van der Waals surface area contributed by atoms with Crippen LogP contribution in [0.15, 0.2) is 47.1 Å². The fourth-order valence-electron chi connectivity index (χ4n) is 1.65. The van der Waals surface area contributed by atoms with Gasteiger partial charge >= 0.3 is 0 Å². The van der Waals surface area contributed by atoms with E-state index in [2.05, 4.69) is 26.2 Å². The number of benzene rings is 1. The average Bonchev–Trinajstić information content (AvgIpc) is 2.83. The van der Waals surface area contributed by atoms with Crippen molar-refractivity contribution in [3.05, 3.63) is 58.3 Å². The summed E-state index contributed by atoms with van der Waals surface area (Å²) >= 11 is 3.27. The van der Waals surface area contributed by atoms with Crippen LogP contribution in [0.25, 0.3) is 0 Å². The molecule has 18 heavy (non-hydrogen) atoms. The van der Waals surface area contributed by atoms with Gasteiger partial charge < -0.3 is 15.4 Å². The summed E-state index contributed by atoms with van der Waals surface area (Å²) in [5, 5.41) is 12.1. The van der Waals surface area contributed by atoms with E-state index in [-0.39, 0.29) is 12.5 Å². The number of H-pyrrole nitrogens is 1. The van der Waals surface area contributed by atoms with Crippen LogP contribution in [0.3, 0.4) is 0 Å². The van der Waals surface area contributed by atoms with Crippen molar-refractivity contribution in [2.24, 2.45) is 0 Å². The van der Waals surface area contributed by atoms with Crippen LogP contribution in [-0.4, -0.2) is 22.6 Å².